The fourth-order valence-corrected chi connectivity index (χ4v) is 2.20. The van der Waals surface area contributed by atoms with Crippen LogP contribution in [-0.2, 0) is 4.79 Å². The lowest BCUT2D eigenvalue weighted by molar-refractivity contribution is -0.114. The number of carbonyl (C=O) groups is 1. The minimum Gasteiger partial charge on any atom is -0.493 e. The minimum absolute atomic E-state index is 0.0701. The van der Waals surface area contributed by atoms with E-state index in [0.717, 1.165) is 29.2 Å². The highest BCUT2D eigenvalue weighted by Crippen LogP contribution is 2.34. The summed E-state index contributed by atoms with van der Waals surface area (Å²) in [7, 11) is 0. The Kier molecular flexibility index (Phi) is 3.54. The molecule has 4 heteroatoms. The van der Waals surface area contributed by atoms with Crippen molar-refractivity contribution < 1.29 is 9.53 Å². The third kappa shape index (κ3) is 3.07. The van der Waals surface area contributed by atoms with E-state index >= 15 is 0 Å². The maximum absolute atomic E-state index is 11.2. The van der Waals surface area contributed by atoms with Crippen LogP contribution in [0.5, 0.6) is 5.75 Å². The van der Waals surface area contributed by atoms with Crippen molar-refractivity contribution in [2.45, 2.75) is 19.8 Å². The van der Waals surface area contributed by atoms with Gasteiger partial charge < -0.3 is 10.1 Å². The molecule has 2 aliphatic rings. The zero-order chi connectivity index (χ0) is 13.9. The lowest BCUT2D eigenvalue weighted by atomic mass is 10.0. The topological polar surface area (TPSA) is 50.7 Å². The molecule has 1 aliphatic heterocycles. The SMILES string of the molecule is CC(=O)Nc1ccc(OCC2CC2)c(C2=CC=NC2)c1. The first kappa shape index (κ1) is 12.9. The second-order valence-electron chi connectivity index (χ2n) is 5.33. The fourth-order valence-electron chi connectivity index (χ4n) is 2.20. The number of benzene rings is 1. The number of nitrogens with zero attached hydrogens (tertiary/aromatic N) is 1. The van der Waals surface area contributed by atoms with Crippen molar-refractivity contribution in [3.8, 4) is 5.75 Å². The van der Waals surface area contributed by atoms with Crippen molar-refractivity contribution in [2.75, 3.05) is 18.5 Å². The van der Waals surface area contributed by atoms with Crippen LogP contribution in [0.4, 0.5) is 5.69 Å². The van der Waals surface area contributed by atoms with Crippen LogP contribution in [0, 0.1) is 5.92 Å². The first-order valence-electron chi connectivity index (χ1n) is 6.96. The number of ether oxygens (including phenoxy) is 1. The molecule has 3 rings (SSSR count). The third-order valence-electron chi connectivity index (χ3n) is 3.46. The number of rotatable bonds is 5. The summed E-state index contributed by atoms with van der Waals surface area (Å²) in [4.78, 5) is 15.4. The zero-order valence-electron chi connectivity index (χ0n) is 11.6. The largest absolute Gasteiger partial charge is 0.493 e. The molecule has 0 radical (unpaired) electrons. The maximum Gasteiger partial charge on any atom is 0.221 e. The molecule has 0 unspecified atom stereocenters. The van der Waals surface area contributed by atoms with Crippen LogP contribution in [0.3, 0.4) is 0 Å². The van der Waals surface area contributed by atoms with Gasteiger partial charge in [0.25, 0.3) is 0 Å². The Hall–Kier alpha value is -2.10. The molecule has 104 valence electrons. The van der Waals surface area contributed by atoms with Gasteiger partial charge in [0.2, 0.25) is 5.91 Å². The van der Waals surface area contributed by atoms with E-state index in [1.165, 1.54) is 19.8 Å². The molecule has 1 aromatic carbocycles. The molecule has 0 spiro atoms. The number of allylic oxidation sites excluding steroid dienone is 1. The van der Waals surface area contributed by atoms with Crippen LogP contribution in [0.15, 0.2) is 29.3 Å². The fraction of sp³-hybridized carbons (Fsp3) is 0.375. The monoisotopic (exact) mass is 270 g/mol. The molecule has 1 aliphatic carbocycles. The summed E-state index contributed by atoms with van der Waals surface area (Å²) in [5, 5.41) is 2.81. The number of nitrogens with one attached hydrogen (secondary N) is 1. The minimum atomic E-state index is -0.0701. The van der Waals surface area contributed by atoms with Gasteiger partial charge in [-0.15, -0.1) is 0 Å². The Labute approximate surface area is 118 Å². The number of hydrogen-bond donors (Lipinski definition) is 1. The molecule has 4 nitrogen and oxygen atoms in total. The number of anilines is 1. The summed E-state index contributed by atoms with van der Waals surface area (Å²) < 4.78 is 5.92. The molecule has 1 saturated carbocycles. The molecule has 0 saturated heterocycles. The molecular formula is C16H18N2O2. The van der Waals surface area contributed by atoms with Crippen LogP contribution in [0.1, 0.15) is 25.3 Å². The van der Waals surface area contributed by atoms with Crippen molar-refractivity contribution in [1.29, 1.82) is 0 Å². The predicted molar refractivity (Wildman–Crippen MR) is 80.3 cm³/mol. The maximum atomic E-state index is 11.2. The number of carbonyl (C=O) groups excluding carboxylic acids is 1. The van der Waals surface area contributed by atoms with Crippen molar-refractivity contribution in [3.05, 3.63) is 29.8 Å². The Morgan fingerprint density at radius 2 is 2.30 bits per heavy atom. The zero-order valence-corrected chi connectivity index (χ0v) is 11.6. The number of amides is 1. The molecule has 1 aromatic rings. The molecule has 20 heavy (non-hydrogen) atoms. The van der Waals surface area contributed by atoms with E-state index < -0.39 is 0 Å². The van der Waals surface area contributed by atoms with Crippen molar-refractivity contribution in [2.24, 2.45) is 10.9 Å². The molecule has 1 heterocycles. The molecular weight excluding hydrogens is 252 g/mol. The average molecular weight is 270 g/mol. The summed E-state index contributed by atoms with van der Waals surface area (Å²) >= 11 is 0. The van der Waals surface area contributed by atoms with E-state index in [1.807, 2.05) is 30.5 Å². The van der Waals surface area contributed by atoms with E-state index in [-0.39, 0.29) is 5.91 Å². The standard InChI is InChI=1S/C16H18N2O2/c1-11(19)18-14-4-5-16(20-10-12-2-3-12)15(8-14)13-6-7-17-9-13/h4-8,12H,2-3,9-10H2,1H3,(H,18,19). The smallest absolute Gasteiger partial charge is 0.221 e. The summed E-state index contributed by atoms with van der Waals surface area (Å²) in [6, 6.07) is 5.77. The van der Waals surface area contributed by atoms with E-state index in [9.17, 15) is 4.79 Å². The van der Waals surface area contributed by atoms with Gasteiger partial charge >= 0.3 is 0 Å². The summed E-state index contributed by atoms with van der Waals surface area (Å²) in [5.74, 6) is 1.52. The van der Waals surface area contributed by atoms with E-state index in [1.54, 1.807) is 0 Å². The normalized spacial score (nSPS) is 16.9. The summed E-state index contributed by atoms with van der Waals surface area (Å²) in [6.45, 7) is 2.96. The van der Waals surface area contributed by atoms with Gasteiger partial charge in [0.1, 0.15) is 5.75 Å². The van der Waals surface area contributed by atoms with E-state index in [4.69, 9.17) is 4.74 Å². The van der Waals surface area contributed by atoms with Crippen LogP contribution >= 0.6 is 0 Å². The van der Waals surface area contributed by atoms with Gasteiger partial charge in [-0.05, 0) is 48.6 Å². The number of aliphatic imine (C=N–C) groups is 1. The van der Waals surface area contributed by atoms with Gasteiger partial charge in [0.05, 0.1) is 13.2 Å². The highest BCUT2D eigenvalue weighted by atomic mass is 16.5. The van der Waals surface area contributed by atoms with Crippen LogP contribution in [-0.4, -0.2) is 25.3 Å². The second kappa shape index (κ2) is 5.49. The lowest BCUT2D eigenvalue weighted by Crippen LogP contribution is -2.07. The van der Waals surface area contributed by atoms with Gasteiger partial charge in [-0.3, -0.25) is 9.79 Å². The van der Waals surface area contributed by atoms with Gasteiger partial charge in [0, 0.05) is 24.4 Å². The van der Waals surface area contributed by atoms with E-state index in [2.05, 4.69) is 10.3 Å². The van der Waals surface area contributed by atoms with E-state index in [0.29, 0.717) is 12.5 Å². The van der Waals surface area contributed by atoms with Gasteiger partial charge in [-0.2, -0.15) is 0 Å². The lowest BCUT2D eigenvalue weighted by Gasteiger charge is -2.14. The second-order valence-corrected chi connectivity index (χ2v) is 5.33. The molecule has 1 N–H and O–H groups in total. The first-order valence-corrected chi connectivity index (χ1v) is 6.96. The molecule has 0 aromatic heterocycles. The molecule has 0 bridgehead atoms. The Morgan fingerprint density at radius 1 is 1.45 bits per heavy atom. The third-order valence-corrected chi connectivity index (χ3v) is 3.46. The quantitative estimate of drug-likeness (QED) is 0.894. The molecule has 1 amide bonds. The average Bonchev–Trinajstić information content (AvgIpc) is 3.09. The predicted octanol–water partition coefficient (Wildman–Crippen LogP) is 2.90. The summed E-state index contributed by atoms with van der Waals surface area (Å²) in [5.41, 5.74) is 2.94. The van der Waals surface area contributed by atoms with Crippen molar-refractivity contribution >= 4 is 23.4 Å². The number of hydrogen-bond acceptors (Lipinski definition) is 3. The van der Waals surface area contributed by atoms with Crippen molar-refractivity contribution in [3.63, 3.8) is 0 Å². The van der Waals surface area contributed by atoms with Crippen LogP contribution in [0.2, 0.25) is 0 Å². The van der Waals surface area contributed by atoms with Gasteiger partial charge in [-0.25, -0.2) is 0 Å². The highest BCUT2D eigenvalue weighted by molar-refractivity contribution is 5.93. The Balaban J connectivity index is 1.84. The highest BCUT2D eigenvalue weighted by Gasteiger charge is 2.23. The van der Waals surface area contributed by atoms with Gasteiger partial charge in [0.15, 0.2) is 0 Å². The van der Waals surface area contributed by atoms with Crippen LogP contribution < -0.4 is 10.1 Å². The van der Waals surface area contributed by atoms with Gasteiger partial charge in [-0.1, -0.05) is 0 Å². The first-order chi connectivity index (χ1) is 9.72. The Morgan fingerprint density at radius 3 is 2.95 bits per heavy atom. The molecule has 0 atom stereocenters. The van der Waals surface area contributed by atoms with Crippen LogP contribution in [0.25, 0.3) is 5.57 Å². The van der Waals surface area contributed by atoms with Crippen molar-refractivity contribution in [1.82, 2.24) is 0 Å². The summed E-state index contributed by atoms with van der Waals surface area (Å²) in [6.07, 6.45) is 6.35. The Bertz CT molecular complexity index is 586. The molecule has 1 fully saturated rings.